The number of para-hydroxylation sites is 2. The highest BCUT2D eigenvalue weighted by Gasteiger charge is 2.40. The van der Waals surface area contributed by atoms with Gasteiger partial charge in [0.15, 0.2) is 0 Å². The van der Waals surface area contributed by atoms with Gasteiger partial charge in [0.05, 0.1) is 42.9 Å². The van der Waals surface area contributed by atoms with Crippen LogP contribution < -0.4 is 0 Å². The lowest BCUT2D eigenvalue weighted by atomic mass is 9.82. The van der Waals surface area contributed by atoms with E-state index < -0.39 is 0 Å². The van der Waals surface area contributed by atoms with Crippen LogP contribution in [-0.2, 0) is 21.7 Å². The van der Waals surface area contributed by atoms with E-state index in [1.165, 1.54) is 110 Å². The fourth-order valence-corrected chi connectivity index (χ4v) is 18.2. The Morgan fingerprint density at radius 2 is 0.629 bits per heavy atom. The predicted molar refractivity (Wildman–Crippen MR) is 413 cm³/mol. The summed E-state index contributed by atoms with van der Waals surface area (Å²) < 4.78 is 4.86. The van der Waals surface area contributed by atoms with Gasteiger partial charge >= 0.3 is 0 Å². The van der Waals surface area contributed by atoms with Crippen LogP contribution in [0.15, 0.2) is 255 Å². The van der Waals surface area contributed by atoms with Gasteiger partial charge in [0, 0.05) is 65.6 Å². The van der Waals surface area contributed by atoms with E-state index in [1.54, 1.807) is 0 Å². The van der Waals surface area contributed by atoms with E-state index in [-0.39, 0.29) is 21.7 Å². The summed E-state index contributed by atoms with van der Waals surface area (Å²) in [6.07, 6.45) is 0. The molecular weight excluding hydrogens is 1190 g/mol. The van der Waals surface area contributed by atoms with Gasteiger partial charge in [0.1, 0.15) is 11.0 Å². The van der Waals surface area contributed by atoms with E-state index in [2.05, 4.69) is 333 Å². The second-order valence-corrected chi connectivity index (χ2v) is 31.5. The minimum absolute atomic E-state index is 0.0570. The zero-order chi connectivity index (χ0) is 65.8. The number of aromatic nitrogens is 4. The Kier molecular flexibility index (Phi) is 12.1. The van der Waals surface area contributed by atoms with Crippen molar-refractivity contribution in [2.24, 2.45) is 0 Å². The van der Waals surface area contributed by atoms with E-state index in [0.29, 0.717) is 0 Å². The monoisotopic (exact) mass is 1260 g/mol. The SMILES string of the molecule is CC(C)(C)c1ccc(-n2c3ccccc3c3cc(-c4ccc5c6ccc(-c7ccc8c(c7)c7ccccc7n8-c7ccc(C(C)(C)C)cc7)cc6c6nc7c(-c8cccc9c8-c8ccccc8C9(C)C)sc(-c8cccc9c8-c8ccccc8C9(C)C)c7nc6c5c4)ccc32)cc1. The molecule has 97 heavy (non-hydrogen) atoms. The van der Waals surface area contributed by atoms with Crippen LogP contribution in [0, 0.1) is 0 Å². The summed E-state index contributed by atoms with van der Waals surface area (Å²) in [5, 5.41) is 9.34. The van der Waals surface area contributed by atoms with Gasteiger partial charge in [-0.05, 0) is 172 Å². The summed E-state index contributed by atoms with van der Waals surface area (Å²) in [6.45, 7) is 23.2. The molecule has 4 heterocycles. The van der Waals surface area contributed by atoms with Gasteiger partial charge in [-0.25, -0.2) is 9.97 Å². The summed E-state index contributed by atoms with van der Waals surface area (Å²) in [5.41, 5.74) is 30.6. The lowest BCUT2D eigenvalue weighted by Crippen LogP contribution is -2.14. The molecule has 4 nitrogen and oxygen atoms in total. The maximum atomic E-state index is 6.22. The Labute approximate surface area is 569 Å². The molecule has 0 saturated carbocycles. The molecule has 19 rings (SSSR count). The number of benzene rings is 13. The Hall–Kier alpha value is -10.7. The minimum atomic E-state index is -0.190. The topological polar surface area (TPSA) is 35.6 Å². The molecule has 0 fully saturated rings. The van der Waals surface area contributed by atoms with Crippen molar-refractivity contribution >= 4 is 98.6 Å². The van der Waals surface area contributed by atoms with Crippen molar-refractivity contribution in [3.05, 3.63) is 288 Å². The molecule has 2 aliphatic rings. The van der Waals surface area contributed by atoms with Crippen LogP contribution in [-0.4, -0.2) is 19.1 Å². The number of hydrogen-bond acceptors (Lipinski definition) is 3. The molecule has 0 saturated heterocycles. The molecule has 0 bridgehead atoms. The van der Waals surface area contributed by atoms with Crippen LogP contribution in [0.1, 0.15) is 103 Å². The molecule has 0 radical (unpaired) electrons. The average Bonchev–Trinajstić information content (AvgIpc) is 1.64. The van der Waals surface area contributed by atoms with E-state index in [0.717, 1.165) is 87.0 Å². The quantitative estimate of drug-likeness (QED) is 0.156. The first-order chi connectivity index (χ1) is 46.9. The Bertz CT molecular complexity index is 5870. The Morgan fingerprint density at radius 1 is 0.289 bits per heavy atom. The third-order valence-electron chi connectivity index (χ3n) is 22.1. The highest BCUT2D eigenvalue weighted by atomic mass is 32.1. The number of fused-ring (bicyclic) bond motifs is 19. The first-order valence-corrected chi connectivity index (χ1v) is 35.1. The van der Waals surface area contributed by atoms with Crippen molar-refractivity contribution in [1.82, 2.24) is 19.1 Å². The zero-order valence-electron chi connectivity index (χ0n) is 56.4. The molecular formula is C92H72N4S. The molecule has 4 aromatic heterocycles. The fraction of sp³-hybridized carbons (Fsp3) is 0.152. The third-order valence-corrected chi connectivity index (χ3v) is 23.3. The van der Waals surface area contributed by atoms with E-state index in [1.807, 2.05) is 11.3 Å². The molecule has 0 spiro atoms. The molecule has 0 N–H and O–H groups in total. The lowest BCUT2D eigenvalue weighted by Gasteiger charge is -2.21. The van der Waals surface area contributed by atoms with Gasteiger partial charge in [-0.15, -0.1) is 11.3 Å². The molecule has 5 heteroatoms. The maximum absolute atomic E-state index is 6.22. The molecule has 0 amide bonds. The summed E-state index contributed by atoms with van der Waals surface area (Å²) in [5.74, 6) is 0. The Balaban J connectivity index is 0.878. The summed E-state index contributed by atoms with van der Waals surface area (Å²) in [6, 6.07) is 96.3. The highest BCUT2D eigenvalue weighted by Crippen LogP contribution is 2.58. The fourth-order valence-electron chi connectivity index (χ4n) is 17.0. The second kappa shape index (κ2) is 20.4. The molecule has 0 aliphatic heterocycles. The predicted octanol–water partition coefficient (Wildman–Crippen LogP) is 25.2. The van der Waals surface area contributed by atoms with Crippen LogP contribution in [0.25, 0.3) is 164 Å². The number of hydrogen-bond donors (Lipinski definition) is 0. The van der Waals surface area contributed by atoms with Crippen LogP contribution in [0.2, 0.25) is 0 Å². The van der Waals surface area contributed by atoms with Crippen molar-refractivity contribution in [1.29, 1.82) is 0 Å². The number of rotatable bonds is 6. The largest absolute Gasteiger partial charge is 0.309 e. The van der Waals surface area contributed by atoms with Crippen molar-refractivity contribution in [2.45, 2.75) is 90.9 Å². The first-order valence-electron chi connectivity index (χ1n) is 34.3. The minimum Gasteiger partial charge on any atom is -0.309 e. The first kappa shape index (κ1) is 57.7. The zero-order valence-corrected chi connectivity index (χ0v) is 57.3. The molecule has 17 aromatic rings. The van der Waals surface area contributed by atoms with Gasteiger partial charge in [-0.1, -0.05) is 251 Å². The summed E-state index contributed by atoms with van der Waals surface area (Å²) >= 11 is 1.86. The highest BCUT2D eigenvalue weighted by molar-refractivity contribution is 7.21. The van der Waals surface area contributed by atoms with Crippen LogP contribution in [0.3, 0.4) is 0 Å². The number of nitrogens with zero attached hydrogens (tertiary/aromatic N) is 4. The van der Waals surface area contributed by atoms with Crippen LogP contribution in [0.5, 0.6) is 0 Å². The molecule has 0 atom stereocenters. The summed E-state index contributed by atoms with van der Waals surface area (Å²) in [4.78, 5) is 14.7. The molecule has 13 aromatic carbocycles. The standard InChI is InChI=1S/C92H72N4S/c1-89(2,3)57-37-41-59(42-38-57)95-77-31-17-13-21-63(77)69-49-55(35-47-79(69)95)53-33-45-61-62-46-34-54(56-36-48-80-70(50-56)64-22-14-18-32-78(64)96(80)60-43-39-58(40-44-60)90(4,5)6)52-72(62)84-83(71(61)51-53)93-85-86(94-84)88(68-26-20-30-76-82(68)66-24-12-16-28-74(66)92(76,9)10)97-87(85)67-25-19-29-75-81(67)65-23-11-15-27-73(65)91(75,7)8/h11-52H,1-10H3. The van der Waals surface area contributed by atoms with E-state index in [9.17, 15) is 0 Å². The van der Waals surface area contributed by atoms with Gasteiger partial charge in [-0.3, -0.25) is 0 Å². The van der Waals surface area contributed by atoms with Crippen LogP contribution >= 0.6 is 11.3 Å². The lowest BCUT2D eigenvalue weighted by molar-refractivity contribution is 0.590. The van der Waals surface area contributed by atoms with Crippen molar-refractivity contribution in [3.63, 3.8) is 0 Å². The van der Waals surface area contributed by atoms with Gasteiger partial charge in [0.25, 0.3) is 0 Å². The average molecular weight is 1270 g/mol. The summed E-state index contributed by atoms with van der Waals surface area (Å²) in [7, 11) is 0. The second-order valence-electron chi connectivity index (χ2n) is 30.5. The van der Waals surface area contributed by atoms with Gasteiger partial charge in [0.2, 0.25) is 0 Å². The van der Waals surface area contributed by atoms with E-state index in [4.69, 9.17) is 9.97 Å². The van der Waals surface area contributed by atoms with Gasteiger partial charge < -0.3 is 9.13 Å². The van der Waals surface area contributed by atoms with Crippen molar-refractivity contribution < 1.29 is 0 Å². The Morgan fingerprint density at radius 3 is 1.04 bits per heavy atom. The van der Waals surface area contributed by atoms with Crippen molar-refractivity contribution in [3.8, 4) is 76.8 Å². The van der Waals surface area contributed by atoms with E-state index >= 15 is 0 Å². The molecule has 2 aliphatic carbocycles. The van der Waals surface area contributed by atoms with Gasteiger partial charge in [-0.2, -0.15) is 0 Å². The molecule has 466 valence electrons. The third kappa shape index (κ3) is 8.40. The molecule has 0 unspecified atom stereocenters. The smallest absolute Gasteiger partial charge is 0.109 e. The van der Waals surface area contributed by atoms with Crippen molar-refractivity contribution in [2.75, 3.05) is 0 Å². The van der Waals surface area contributed by atoms with Crippen LogP contribution in [0.4, 0.5) is 0 Å². The number of thiophene rings is 1. The maximum Gasteiger partial charge on any atom is 0.109 e. The normalized spacial score (nSPS) is 14.0.